The van der Waals surface area contributed by atoms with Crippen LogP contribution in [-0.2, 0) is 16.4 Å². The maximum atomic E-state index is 12.0. The Labute approximate surface area is 126 Å². The molecule has 0 aliphatic carbocycles. The minimum absolute atomic E-state index is 0.0456. The highest BCUT2D eigenvalue weighted by molar-refractivity contribution is 7.91. The normalized spacial score (nSPS) is 13.0. The summed E-state index contributed by atoms with van der Waals surface area (Å²) >= 11 is 1.08. The van der Waals surface area contributed by atoms with Gasteiger partial charge in [-0.05, 0) is 18.6 Å². The summed E-state index contributed by atoms with van der Waals surface area (Å²) in [6.45, 7) is 4.09. The molecule has 1 aromatic heterocycles. The van der Waals surface area contributed by atoms with Gasteiger partial charge in [-0.1, -0.05) is 13.8 Å². The number of nitrogens with one attached hydrogen (secondary N) is 2. The molecule has 0 saturated heterocycles. The van der Waals surface area contributed by atoms with Gasteiger partial charge in [0.25, 0.3) is 0 Å². The molecule has 21 heavy (non-hydrogen) atoms. The zero-order valence-electron chi connectivity index (χ0n) is 11.8. The van der Waals surface area contributed by atoms with E-state index in [1.54, 1.807) is 6.07 Å². The third kappa shape index (κ3) is 7.25. The van der Waals surface area contributed by atoms with Gasteiger partial charge in [0, 0.05) is 24.0 Å². The van der Waals surface area contributed by atoms with Gasteiger partial charge in [0.15, 0.2) is 0 Å². The lowest BCUT2D eigenvalue weighted by molar-refractivity contribution is -0.132. The van der Waals surface area contributed by atoms with Crippen LogP contribution < -0.4 is 10.0 Å². The van der Waals surface area contributed by atoms with Crippen molar-refractivity contribution in [3.63, 3.8) is 0 Å². The van der Waals surface area contributed by atoms with Gasteiger partial charge in [0.1, 0.15) is 4.21 Å². The fourth-order valence-corrected chi connectivity index (χ4v) is 3.95. The van der Waals surface area contributed by atoms with Gasteiger partial charge in [-0.2, -0.15) is 13.2 Å². The van der Waals surface area contributed by atoms with E-state index in [-0.39, 0.29) is 4.21 Å². The van der Waals surface area contributed by atoms with Crippen LogP contribution in [-0.4, -0.2) is 33.7 Å². The molecule has 0 bridgehead atoms. The fraction of sp³-hybridized carbons (Fsp3) is 0.667. The van der Waals surface area contributed by atoms with Crippen molar-refractivity contribution in [1.29, 1.82) is 0 Å². The molecule has 2 N–H and O–H groups in total. The van der Waals surface area contributed by atoms with Crippen LogP contribution in [0.25, 0.3) is 0 Å². The van der Waals surface area contributed by atoms with E-state index >= 15 is 0 Å². The van der Waals surface area contributed by atoms with Crippen LogP contribution >= 0.6 is 11.3 Å². The summed E-state index contributed by atoms with van der Waals surface area (Å²) in [5.41, 5.74) is 0. The Balaban J connectivity index is 2.54. The molecule has 0 spiro atoms. The third-order valence-corrected chi connectivity index (χ3v) is 5.62. The van der Waals surface area contributed by atoms with Gasteiger partial charge in [-0.25, -0.2) is 13.1 Å². The van der Waals surface area contributed by atoms with Crippen molar-refractivity contribution in [3.8, 4) is 0 Å². The SMILES string of the molecule is CC(C)NCCc1ccc(S(=O)(=O)NCCC(F)(F)F)s1. The molecule has 4 nitrogen and oxygen atoms in total. The zero-order chi connectivity index (χ0) is 16.1. The first-order valence-corrected chi connectivity index (χ1v) is 8.78. The Morgan fingerprint density at radius 1 is 1.24 bits per heavy atom. The number of hydrogen-bond acceptors (Lipinski definition) is 4. The predicted octanol–water partition coefficient (Wildman–Crippen LogP) is 2.52. The molecule has 0 aliphatic heterocycles. The van der Waals surface area contributed by atoms with E-state index in [4.69, 9.17) is 0 Å². The van der Waals surface area contributed by atoms with E-state index < -0.39 is 29.2 Å². The molecular formula is C12H19F3N2O2S2. The van der Waals surface area contributed by atoms with Gasteiger partial charge in [0.2, 0.25) is 10.0 Å². The third-order valence-electron chi connectivity index (χ3n) is 2.53. The van der Waals surface area contributed by atoms with Crippen molar-refractivity contribution in [2.75, 3.05) is 13.1 Å². The summed E-state index contributed by atoms with van der Waals surface area (Å²) in [4.78, 5) is 0.874. The van der Waals surface area contributed by atoms with Crippen LogP contribution in [0, 0.1) is 0 Å². The molecular weight excluding hydrogens is 325 g/mol. The quantitative estimate of drug-likeness (QED) is 0.762. The molecule has 0 unspecified atom stereocenters. The maximum absolute atomic E-state index is 12.0. The second-order valence-corrected chi connectivity index (χ2v) is 8.00. The van der Waals surface area contributed by atoms with Crippen LogP contribution in [0.3, 0.4) is 0 Å². The van der Waals surface area contributed by atoms with Crippen molar-refractivity contribution in [1.82, 2.24) is 10.0 Å². The molecule has 1 rings (SSSR count). The lowest BCUT2D eigenvalue weighted by atomic mass is 10.3. The fourth-order valence-electron chi connectivity index (χ4n) is 1.52. The van der Waals surface area contributed by atoms with Crippen LogP contribution in [0.15, 0.2) is 16.3 Å². The molecule has 0 atom stereocenters. The Morgan fingerprint density at radius 2 is 1.90 bits per heavy atom. The highest BCUT2D eigenvalue weighted by Crippen LogP contribution is 2.23. The van der Waals surface area contributed by atoms with E-state index in [9.17, 15) is 21.6 Å². The lowest BCUT2D eigenvalue weighted by Gasteiger charge is -2.07. The van der Waals surface area contributed by atoms with Crippen molar-refractivity contribution < 1.29 is 21.6 Å². The summed E-state index contributed by atoms with van der Waals surface area (Å²) < 4.78 is 61.7. The van der Waals surface area contributed by atoms with Crippen molar-refractivity contribution in [2.45, 2.75) is 43.1 Å². The average molecular weight is 344 g/mol. The molecule has 0 saturated carbocycles. The Hall–Kier alpha value is -0.640. The number of halogens is 3. The smallest absolute Gasteiger partial charge is 0.314 e. The lowest BCUT2D eigenvalue weighted by Crippen LogP contribution is -2.27. The van der Waals surface area contributed by atoms with E-state index in [2.05, 4.69) is 5.32 Å². The Kier molecular flexibility index (Phi) is 6.64. The van der Waals surface area contributed by atoms with Crippen LogP contribution in [0.1, 0.15) is 25.1 Å². The maximum Gasteiger partial charge on any atom is 0.390 e. The summed E-state index contributed by atoms with van der Waals surface area (Å²) in [6.07, 6.45) is -4.87. The number of alkyl halides is 3. The largest absolute Gasteiger partial charge is 0.390 e. The van der Waals surface area contributed by atoms with Gasteiger partial charge < -0.3 is 5.32 Å². The van der Waals surface area contributed by atoms with E-state index in [1.807, 2.05) is 18.6 Å². The van der Waals surface area contributed by atoms with Gasteiger partial charge in [-0.3, -0.25) is 0 Å². The first-order valence-electron chi connectivity index (χ1n) is 6.49. The first kappa shape index (κ1) is 18.4. The van der Waals surface area contributed by atoms with E-state index in [0.29, 0.717) is 12.5 Å². The van der Waals surface area contributed by atoms with Crippen molar-refractivity contribution in [3.05, 3.63) is 17.0 Å². The standard InChI is InChI=1S/C12H19F3N2O2S2/c1-9(2)16-7-5-10-3-4-11(20-10)21(18,19)17-8-6-12(13,14)15/h3-4,9,16-17H,5-8H2,1-2H3. The molecule has 1 heterocycles. The number of thiophene rings is 1. The average Bonchev–Trinajstić information content (AvgIpc) is 2.75. The van der Waals surface area contributed by atoms with Crippen LogP contribution in [0.5, 0.6) is 0 Å². The summed E-state index contributed by atoms with van der Waals surface area (Å²) in [5, 5.41) is 3.21. The Morgan fingerprint density at radius 3 is 2.48 bits per heavy atom. The van der Waals surface area contributed by atoms with Crippen LogP contribution in [0.2, 0.25) is 0 Å². The highest BCUT2D eigenvalue weighted by atomic mass is 32.2. The number of sulfonamides is 1. The molecule has 0 fully saturated rings. The summed E-state index contributed by atoms with van der Waals surface area (Å²) in [5.74, 6) is 0. The van der Waals surface area contributed by atoms with Gasteiger partial charge in [-0.15, -0.1) is 11.3 Å². The predicted molar refractivity (Wildman–Crippen MR) is 77.0 cm³/mol. The zero-order valence-corrected chi connectivity index (χ0v) is 13.5. The second-order valence-electron chi connectivity index (χ2n) is 4.84. The first-order chi connectivity index (χ1) is 9.60. The minimum atomic E-state index is -4.37. The van der Waals surface area contributed by atoms with Gasteiger partial charge in [0.05, 0.1) is 6.42 Å². The minimum Gasteiger partial charge on any atom is -0.314 e. The molecule has 122 valence electrons. The second kappa shape index (κ2) is 7.57. The number of hydrogen-bond donors (Lipinski definition) is 2. The van der Waals surface area contributed by atoms with E-state index in [1.165, 1.54) is 6.07 Å². The topological polar surface area (TPSA) is 58.2 Å². The molecule has 0 aliphatic rings. The molecule has 0 aromatic carbocycles. The molecule has 0 radical (unpaired) electrons. The molecule has 0 amide bonds. The summed E-state index contributed by atoms with van der Waals surface area (Å²) in [7, 11) is -3.86. The van der Waals surface area contributed by atoms with E-state index in [0.717, 1.165) is 22.8 Å². The highest BCUT2D eigenvalue weighted by Gasteiger charge is 2.27. The molecule has 9 heteroatoms. The Bertz CT molecular complexity index is 539. The monoisotopic (exact) mass is 344 g/mol. The molecule has 1 aromatic rings. The van der Waals surface area contributed by atoms with Crippen LogP contribution in [0.4, 0.5) is 13.2 Å². The van der Waals surface area contributed by atoms with Gasteiger partial charge >= 0.3 is 6.18 Å². The van der Waals surface area contributed by atoms with Crippen molar-refractivity contribution >= 4 is 21.4 Å². The number of rotatable bonds is 8. The van der Waals surface area contributed by atoms with Crippen molar-refractivity contribution in [2.24, 2.45) is 0 Å². The summed E-state index contributed by atoms with van der Waals surface area (Å²) in [6, 6.07) is 3.45.